The van der Waals surface area contributed by atoms with Crippen LogP contribution >= 0.6 is 0 Å². The Hall–Kier alpha value is -0.610. The zero-order chi connectivity index (χ0) is 15.4. The Bertz CT molecular complexity index is 320. The molecule has 0 aromatic rings. The first-order valence-electron chi connectivity index (χ1n) is 7.90. The van der Waals surface area contributed by atoms with Crippen LogP contribution in [0.4, 0.5) is 0 Å². The molecule has 0 radical (unpaired) electrons. The van der Waals surface area contributed by atoms with Crippen molar-refractivity contribution in [3.63, 3.8) is 0 Å². The van der Waals surface area contributed by atoms with Gasteiger partial charge < -0.3 is 10.6 Å². The Balaban J connectivity index is 2.38. The minimum Gasteiger partial charge on any atom is -0.351 e. The third kappa shape index (κ3) is 5.80. The highest BCUT2D eigenvalue weighted by molar-refractivity contribution is 5.73. The lowest BCUT2D eigenvalue weighted by molar-refractivity contribution is -0.120. The second-order valence-electron chi connectivity index (χ2n) is 7.56. The van der Waals surface area contributed by atoms with Crippen molar-refractivity contribution >= 4 is 5.91 Å². The zero-order valence-electron chi connectivity index (χ0n) is 14.2. The van der Waals surface area contributed by atoms with Crippen molar-refractivity contribution in [2.75, 3.05) is 19.6 Å². The van der Waals surface area contributed by atoms with Crippen LogP contribution in [0, 0.1) is 0 Å². The lowest BCUT2D eigenvalue weighted by Gasteiger charge is -2.37. The first-order chi connectivity index (χ1) is 9.12. The summed E-state index contributed by atoms with van der Waals surface area (Å²) in [7, 11) is 0. The molecule has 4 nitrogen and oxygen atoms in total. The number of hydrogen-bond donors (Lipinski definition) is 2. The summed E-state index contributed by atoms with van der Waals surface area (Å²) in [6, 6.07) is 0.388. The van der Waals surface area contributed by atoms with Crippen molar-refractivity contribution in [3.8, 4) is 0 Å². The van der Waals surface area contributed by atoms with Gasteiger partial charge in [0.25, 0.3) is 0 Å². The van der Waals surface area contributed by atoms with Gasteiger partial charge in [-0.25, -0.2) is 0 Å². The van der Waals surface area contributed by atoms with Gasteiger partial charge in [0.05, 0.1) is 0 Å². The van der Waals surface area contributed by atoms with E-state index in [0.717, 1.165) is 13.0 Å². The number of hydrogen-bond acceptors (Lipinski definition) is 3. The molecule has 0 aromatic carbocycles. The zero-order valence-corrected chi connectivity index (χ0v) is 14.2. The Morgan fingerprint density at radius 3 is 2.25 bits per heavy atom. The molecule has 4 heteroatoms. The molecule has 20 heavy (non-hydrogen) atoms. The highest BCUT2D eigenvalue weighted by Crippen LogP contribution is 2.20. The van der Waals surface area contributed by atoms with Crippen molar-refractivity contribution in [2.24, 2.45) is 0 Å². The molecule has 1 atom stereocenters. The summed E-state index contributed by atoms with van der Waals surface area (Å²) in [4.78, 5) is 13.8. The Morgan fingerprint density at radius 1 is 1.20 bits per heavy atom. The predicted octanol–water partition coefficient (Wildman–Crippen LogP) is 2.14. The van der Waals surface area contributed by atoms with Crippen LogP contribution in [0.1, 0.15) is 60.8 Å². The van der Waals surface area contributed by atoms with Crippen LogP contribution in [0.15, 0.2) is 0 Å². The van der Waals surface area contributed by atoms with E-state index in [4.69, 9.17) is 0 Å². The second-order valence-corrected chi connectivity index (χ2v) is 7.56. The van der Waals surface area contributed by atoms with Crippen molar-refractivity contribution in [1.82, 2.24) is 15.5 Å². The molecule has 0 bridgehead atoms. The fourth-order valence-corrected chi connectivity index (χ4v) is 3.22. The third-order valence-electron chi connectivity index (χ3n) is 4.18. The Kier molecular flexibility index (Phi) is 6.02. The highest BCUT2D eigenvalue weighted by atomic mass is 16.1. The molecule has 0 saturated carbocycles. The lowest BCUT2D eigenvalue weighted by atomic mass is 9.95. The Morgan fingerprint density at radius 2 is 1.75 bits per heavy atom. The number of carbonyl (C=O) groups is 1. The predicted molar refractivity (Wildman–Crippen MR) is 84.9 cm³/mol. The van der Waals surface area contributed by atoms with Crippen LogP contribution in [0.25, 0.3) is 0 Å². The largest absolute Gasteiger partial charge is 0.351 e. The van der Waals surface area contributed by atoms with Crippen LogP contribution < -0.4 is 10.6 Å². The molecule has 2 N–H and O–H groups in total. The van der Waals surface area contributed by atoms with E-state index >= 15 is 0 Å². The molecule has 1 aliphatic heterocycles. The molecule has 118 valence electrons. The number of carbonyl (C=O) groups excluding carboxylic acids is 1. The number of rotatable bonds is 7. The van der Waals surface area contributed by atoms with Gasteiger partial charge in [-0.2, -0.15) is 0 Å². The second kappa shape index (κ2) is 6.90. The molecule has 1 unspecified atom stereocenters. The first-order valence-corrected chi connectivity index (χ1v) is 7.90. The number of amides is 1. The van der Waals surface area contributed by atoms with Gasteiger partial charge in [-0.3, -0.25) is 9.69 Å². The summed E-state index contributed by atoms with van der Waals surface area (Å²) in [5, 5.41) is 6.65. The minimum absolute atomic E-state index is 0.0413. The fourth-order valence-electron chi connectivity index (χ4n) is 3.22. The van der Waals surface area contributed by atoms with Crippen LogP contribution in [0.2, 0.25) is 0 Å². The van der Waals surface area contributed by atoms with Gasteiger partial charge in [0.1, 0.15) is 0 Å². The van der Waals surface area contributed by atoms with Crippen molar-refractivity contribution in [2.45, 2.75) is 77.9 Å². The maximum atomic E-state index is 11.2. The van der Waals surface area contributed by atoms with Gasteiger partial charge in [-0.05, 0) is 67.0 Å². The van der Waals surface area contributed by atoms with Gasteiger partial charge in [-0.1, -0.05) is 0 Å². The standard InChI is InChI=1S/C16H33N3O/c1-13(11-15(3,4)18-14(2)20)17-12-16(5,6)19-9-7-8-10-19/h13,17H,7-12H2,1-6H3,(H,18,20). The van der Waals surface area contributed by atoms with Crippen molar-refractivity contribution in [1.29, 1.82) is 0 Å². The average molecular weight is 283 g/mol. The van der Waals surface area contributed by atoms with Crippen LogP contribution in [0.3, 0.4) is 0 Å². The molecule has 1 amide bonds. The average Bonchev–Trinajstić information content (AvgIpc) is 2.77. The van der Waals surface area contributed by atoms with E-state index in [1.165, 1.54) is 25.9 Å². The summed E-state index contributed by atoms with van der Waals surface area (Å²) in [5.41, 5.74) is 0.0545. The van der Waals surface area contributed by atoms with Crippen LogP contribution in [0.5, 0.6) is 0 Å². The summed E-state index contributed by atoms with van der Waals surface area (Å²) < 4.78 is 0. The van der Waals surface area contributed by atoms with E-state index in [1.54, 1.807) is 6.92 Å². The molecule has 1 rings (SSSR count). The van der Waals surface area contributed by atoms with Gasteiger partial charge in [0.2, 0.25) is 5.91 Å². The molecule has 1 heterocycles. The normalized spacial score (nSPS) is 19.1. The molecular weight excluding hydrogens is 250 g/mol. The maximum Gasteiger partial charge on any atom is 0.217 e. The molecule has 1 aliphatic rings. The number of nitrogens with one attached hydrogen (secondary N) is 2. The molecule has 0 aliphatic carbocycles. The molecule has 1 saturated heterocycles. The van der Waals surface area contributed by atoms with E-state index in [2.05, 4.69) is 50.2 Å². The van der Waals surface area contributed by atoms with Crippen LogP contribution in [-0.2, 0) is 4.79 Å². The quantitative estimate of drug-likeness (QED) is 0.752. The van der Waals surface area contributed by atoms with Gasteiger partial charge in [0, 0.05) is 30.6 Å². The minimum atomic E-state index is -0.157. The van der Waals surface area contributed by atoms with E-state index in [1.807, 2.05) is 0 Å². The number of nitrogens with zero attached hydrogens (tertiary/aromatic N) is 1. The van der Waals surface area contributed by atoms with Crippen LogP contribution in [-0.4, -0.2) is 47.6 Å². The molecule has 1 fully saturated rings. The highest BCUT2D eigenvalue weighted by Gasteiger charge is 2.30. The number of likely N-dealkylation sites (tertiary alicyclic amines) is 1. The fraction of sp³-hybridized carbons (Fsp3) is 0.938. The topological polar surface area (TPSA) is 44.4 Å². The van der Waals surface area contributed by atoms with Gasteiger partial charge >= 0.3 is 0 Å². The SMILES string of the molecule is CC(=O)NC(C)(C)CC(C)NCC(C)(C)N1CCCC1. The van der Waals surface area contributed by atoms with E-state index < -0.39 is 0 Å². The van der Waals surface area contributed by atoms with E-state index in [9.17, 15) is 4.79 Å². The first kappa shape index (κ1) is 17.4. The summed E-state index contributed by atoms with van der Waals surface area (Å²) in [6.07, 6.45) is 3.59. The molecular formula is C16H33N3O. The molecule has 0 spiro atoms. The Labute approximate surface area is 124 Å². The van der Waals surface area contributed by atoms with E-state index in [-0.39, 0.29) is 17.0 Å². The summed E-state index contributed by atoms with van der Waals surface area (Å²) >= 11 is 0. The third-order valence-corrected chi connectivity index (χ3v) is 4.18. The smallest absolute Gasteiger partial charge is 0.217 e. The maximum absolute atomic E-state index is 11.2. The van der Waals surface area contributed by atoms with E-state index in [0.29, 0.717) is 6.04 Å². The van der Waals surface area contributed by atoms with Crippen molar-refractivity contribution in [3.05, 3.63) is 0 Å². The lowest BCUT2D eigenvalue weighted by Crippen LogP contribution is -2.53. The van der Waals surface area contributed by atoms with Gasteiger partial charge in [0.15, 0.2) is 0 Å². The monoisotopic (exact) mass is 283 g/mol. The summed E-state index contributed by atoms with van der Waals surface area (Å²) in [6.45, 7) is 16.0. The molecule has 0 aromatic heterocycles. The van der Waals surface area contributed by atoms with Crippen molar-refractivity contribution < 1.29 is 4.79 Å². The van der Waals surface area contributed by atoms with Gasteiger partial charge in [-0.15, -0.1) is 0 Å². The summed E-state index contributed by atoms with van der Waals surface area (Å²) in [5.74, 6) is 0.0413.